The Hall–Kier alpha value is -2.73. The number of likely N-dealkylation sites (tertiary alicyclic amines) is 1. The van der Waals surface area contributed by atoms with Crippen molar-refractivity contribution in [3.05, 3.63) is 53.7 Å². The zero-order valence-electron chi connectivity index (χ0n) is 15.8. The molecule has 0 unspecified atom stereocenters. The van der Waals surface area contributed by atoms with Crippen molar-refractivity contribution in [1.29, 1.82) is 0 Å². The van der Waals surface area contributed by atoms with E-state index in [1.54, 1.807) is 37.4 Å². The lowest BCUT2D eigenvalue weighted by Gasteiger charge is -2.30. The topological polar surface area (TPSA) is 71.5 Å². The standard InChI is InChI=1S/C21H25N3O3/c1-3-27-21(26)18-7-4-12-22-19(18)15-8-10-16(11-9-15)20(25)23-17-6-5-13-24(2)14-17/h4,7-12,17H,3,5-6,13-14H2,1-2H3,(H,23,25)/t17-/m0/s1. The predicted molar refractivity (Wildman–Crippen MR) is 104 cm³/mol. The van der Waals surface area contributed by atoms with Crippen LogP contribution < -0.4 is 5.32 Å². The molecule has 1 aliphatic heterocycles. The molecule has 2 aromatic rings. The minimum absolute atomic E-state index is 0.0755. The first-order valence-corrected chi connectivity index (χ1v) is 9.30. The average Bonchev–Trinajstić information content (AvgIpc) is 2.68. The second-order valence-corrected chi connectivity index (χ2v) is 6.77. The Morgan fingerprint density at radius 3 is 2.74 bits per heavy atom. The Bertz CT molecular complexity index is 805. The normalized spacial score (nSPS) is 17.3. The number of hydrogen-bond acceptors (Lipinski definition) is 5. The molecule has 2 heterocycles. The van der Waals surface area contributed by atoms with Crippen LogP contribution in [-0.2, 0) is 4.74 Å². The smallest absolute Gasteiger partial charge is 0.340 e. The number of esters is 1. The number of hydrogen-bond donors (Lipinski definition) is 1. The van der Waals surface area contributed by atoms with Gasteiger partial charge in [0.1, 0.15) is 0 Å². The van der Waals surface area contributed by atoms with Crippen molar-refractivity contribution >= 4 is 11.9 Å². The van der Waals surface area contributed by atoms with Crippen molar-refractivity contribution < 1.29 is 14.3 Å². The first kappa shape index (κ1) is 19.0. The second-order valence-electron chi connectivity index (χ2n) is 6.77. The lowest BCUT2D eigenvalue weighted by molar-refractivity contribution is 0.0526. The zero-order valence-corrected chi connectivity index (χ0v) is 15.8. The van der Waals surface area contributed by atoms with Gasteiger partial charge in [-0.15, -0.1) is 0 Å². The van der Waals surface area contributed by atoms with Gasteiger partial charge in [-0.3, -0.25) is 9.78 Å². The molecule has 1 aromatic heterocycles. The number of nitrogens with zero attached hydrogens (tertiary/aromatic N) is 2. The van der Waals surface area contributed by atoms with E-state index >= 15 is 0 Å². The van der Waals surface area contributed by atoms with Crippen molar-refractivity contribution in [2.24, 2.45) is 0 Å². The number of pyridine rings is 1. The van der Waals surface area contributed by atoms with Crippen LogP contribution in [-0.4, -0.2) is 54.5 Å². The van der Waals surface area contributed by atoms with Gasteiger partial charge < -0.3 is 15.0 Å². The minimum atomic E-state index is -0.399. The summed E-state index contributed by atoms with van der Waals surface area (Å²) in [5.74, 6) is -0.475. The number of benzene rings is 1. The predicted octanol–water partition coefficient (Wildman–Crippen LogP) is 2.75. The Kier molecular flexibility index (Phi) is 6.19. The lowest BCUT2D eigenvalue weighted by atomic mass is 10.0. The van der Waals surface area contributed by atoms with Crippen LogP contribution in [0, 0.1) is 0 Å². The summed E-state index contributed by atoms with van der Waals surface area (Å²) in [6, 6.07) is 10.7. The van der Waals surface area contributed by atoms with Gasteiger partial charge in [0.05, 0.1) is 17.9 Å². The van der Waals surface area contributed by atoms with Crippen LogP contribution in [0.2, 0.25) is 0 Å². The molecule has 0 bridgehead atoms. The molecule has 0 spiro atoms. The van der Waals surface area contributed by atoms with Crippen molar-refractivity contribution in [1.82, 2.24) is 15.2 Å². The number of ether oxygens (including phenoxy) is 1. The van der Waals surface area contributed by atoms with Gasteiger partial charge in [-0.2, -0.15) is 0 Å². The number of carbonyl (C=O) groups excluding carboxylic acids is 2. The van der Waals surface area contributed by atoms with E-state index < -0.39 is 5.97 Å². The molecule has 1 saturated heterocycles. The van der Waals surface area contributed by atoms with Gasteiger partial charge in [-0.05, 0) is 57.6 Å². The molecule has 6 nitrogen and oxygen atoms in total. The number of piperidine rings is 1. The number of carbonyl (C=O) groups is 2. The average molecular weight is 367 g/mol. The Morgan fingerprint density at radius 1 is 1.26 bits per heavy atom. The maximum absolute atomic E-state index is 12.5. The van der Waals surface area contributed by atoms with E-state index in [9.17, 15) is 9.59 Å². The van der Waals surface area contributed by atoms with E-state index in [0.717, 1.165) is 31.5 Å². The third kappa shape index (κ3) is 4.71. The molecule has 1 aromatic carbocycles. The third-order valence-corrected chi connectivity index (χ3v) is 4.68. The van der Waals surface area contributed by atoms with Crippen molar-refractivity contribution in [3.63, 3.8) is 0 Å². The largest absolute Gasteiger partial charge is 0.462 e. The summed E-state index contributed by atoms with van der Waals surface area (Å²) in [5, 5.41) is 3.10. The fraction of sp³-hybridized carbons (Fsp3) is 0.381. The number of amides is 1. The minimum Gasteiger partial charge on any atom is -0.462 e. The van der Waals surface area contributed by atoms with Gasteiger partial charge in [-0.25, -0.2) is 4.79 Å². The summed E-state index contributed by atoms with van der Waals surface area (Å²) in [6.45, 7) is 4.03. The summed E-state index contributed by atoms with van der Waals surface area (Å²) in [6.07, 6.45) is 3.74. The molecule has 0 saturated carbocycles. The molecule has 1 N–H and O–H groups in total. The van der Waals surface area contributed by atoms with Crippen LogP contribution in [0.4, 0.5) is 0 Å². The number of likely N-dealkylation sites (N-methyl/N-ethyl adjacent to an activating group) is 1. The molecule has 0 radical (unpaired) electrons. The van der Waals surface area contributed by atoms with E-state index in [-0.39, 0.29) is 11.9 Å². The van der Waals surface area contributed by atoms with Crippen LogP contribution in [0.15, 0.2) is 42.6 Å². The van der Waals surface area contributed by atoms with Crippen molar-refractivity contribution in [3.8, 4) is 11.3 Å². The molecule has 142 valence electrons. The second kappa shape index (κ2) is 8.77. The summed E-state index contributed by atoms with van der Waals surface area (Å²) >= 11 is 0. The fourth-order valence-corrected chi connectivity index (χ4v) is 3.34. The van der Waals surface area contributed by atoms with E-state index in [4.69, 9.17) is 4.74 Å². The van der Waals surface area contributed by atoms with Crippen LogP contribution in [0.3, 0.4) is 0 Å². The van der Waals surface area contributed by atoms with E-state index in [2.05, 4.69) is 22.2 Å². The third-order valence-electron chi connectivity index (χ3n) is 4.68. The van der Waals surface area contributed by atoms with E-state index in [1.807, 2.05) is 12.1 Å². The fourth-order valence-electron chi connectivity index (χ4n) is 3.34. The Labute approximate surface area is 159 Å². The van der Waals surface area contributed by atoms with Gasteiger partial charge in [0.2, 0.25) is 0 Å². The van der Waals surface area contributed by atoms with E-state index in [1.165, 1.54) is 0 Å². The molecule has 3 rings (SSSR count). The van der Waals surface area contributed by atoms with Crippen molar-refractivity contribution in [2.45, 2.75) is 25.8 Å². The zero-order chi connectivity index (χ0) is 19.2. The highest BCUT2D eigenvalue weighted by molar-refractivity contribution is 5.97. The molecule has 1 aliphatic rings. The highest BCUT2D eigenvalue weighted by atomic mass is 16.5. The molecular weight excluding hydrogens is 342 g/mol. The SMILES string of the molecule is CCOC(=O)c1cccnc1-c1ccc(C(=O)N[C@H]2CCCN(C)C2)cc1. The monoisotopic (exact) mass is 367 g/mol. The quantitative estimate of drug-likeness (QED) is 0.823. The van der Waals surface area contributed by atoms with Crippen LogP contribution in [0.5, 0.6) is 0 Å². The van der Waals surface area contributed by atoms with Gasteiger partial charge >= 0.3 is 5.97 Å². The van der Waals surface area contributed by atoms with Crippen LogP contribution in [0.1, 0.15) is 40.5 Å². The summed E-state index contributed by atoms with van der Waals surface area (Å²) in [5.41, 5.74) is 2.34. The molecule has 1 atom stereocenters. The van der Waals surface area contributed by atoms with Gasteiger partial charge in [0, 0.05) is 29.9 Å². The van der Waals surface area contributed by atoms with Gasteiger partial charge in [0.25, 0.3) is 5.91 Å². The Morgan fingerprint density at radius 2 is 2.04 bits per heavy atom. The van der Waals surface area contributed by atoms with E-state index in [0.29, 0.717) is 23.4 Å². The summed E-state index contributed by atoms with van der Waals surface area (Å²) < 4.78 is 5.10. The summed E-state index contributed by atoms with van der Waals surface area (Å²) in [4.78, 5) is 31.2. The van der Waals surface area contributed by atoms with Gasteiger partial charge in [-0.1, -0.05) is 12.1 Å². The highest BCUT2D eigenvalue weighted by Crippen LogP contribution is 2.22. The number of aromatic nitrogens is 1. The number of rotatable bonds is 5. The number of nitrogens with one attached hydrogen (secondary N) is 1. The van der Waals surface area contributed by atoms with Crippen LogP contribution >= 0.6 is 0 Å². The Balaban J connectivity index is 1.74. The maximum atomic E-state index is 12.5. The molecule has 1 fully saturated rings. The molecule has 1 amide bonds. The van der Waals surface area contributed by atoms with Crippen molar-refractivity contribution in [2.75, 3.05) is 26.7 Å². The molecule has 6 heteroatoms. The first-order chi connectivity index (χ1) is 13.1. The molecule has 0 aliphatic carbocycles. The highest BCUT2D eigenvalue weighted by Gasteiger charge is 2.20. The van der Waals surface area contributed by atoms with Gasteiger partial charge in [0.15, 0.2) is 0 Å². The summed E-state index contributed by atoms with van der Waals surface area (Å²) in [7, 11) is 2.07. The molecular formula is C21H25N3O3. The lowest BCUT2D eigenvalue weighted by Crippen LogP contribution is -2.46. The maximum Gasteiger partial charge on any atom is 0.340 e. The van der Waals surface area contributed by atoms with Crippen LogP contribution in [0.25, 0.3) is 11.3 Å². The first-order valence-electron chi connectivity index (χ1n) is 9.30. The molecule has 27 heavy (non-hydrogen) atoms.